The number of para-hydroxylation sites is 1. The van der Waals surface area contributed by atoms with Gasteiger partial charge in [0.25, 0.3) is 0 Å². The van der Waals surface area contributed by atoms with Crippen LogP contribution >= 0.6 is 0 Å². The van der Waals surface area contributed by atoms with Crippen molar-refractivity contribution in [3.05, 3.63) is 83.7 Å². The predicted octanol–water partition coefficient (Wildman–Crippen LogP) is 4.76. The van der Waals surface area contributed by atoms with E-state index in [4.69, 9.17) is 10.5 Å². The standard InChI is InChI=1S/C30H33FN4O4/c1-30(2,32)17-27(36)33-25-14-12-21-16-22(31)13-15-26(21)35(28(25)37)18-19-8-10-20(11-9-19)23-6-4-5-7-24(23)34-29(38)39-3/h4-11,13,15-16,25H,12,14,17-18,32H2,1-3H3,(H,33,36)(H,34,38)/t25-/m1/s1. The van der Waals surface area contributed by atoms with Gasteiger partial charge < -0.3 is 20.7 Å². The summed E-state index contributed by atoms with van der Waals surface area (Å²) in [5.74, 6) is -0.946. The zero-order valence-electron chi connectivity index (χ0n) is 22.3. The van der Waals surface area contributed by atoms with Crippen LogP contribution in [0.15, 0.2) is 66.7 Å². The molecule has 0 unspecified atom stereocenters. The SMILES string of the molecule is COC(=O)Nc1ccccc1-c1ccc(CN2C(=O)[C@H](NC(=O)CC(C)(C)N)CCc3cc(F)ccc32)cc1. The van der Waals surface area contributed by atoms with E-state index >= 15 is 0 Å². The van der Waals surface area contributed by atoms with Crippen molar-refractivity contribution in [1.29, 1.82) is 0 Å². The highest BCUT2D eigenvalue weighted by molar-refractivity contribution is 6.00. The van der Waals surface area contributed by atoms with Gasteiger partial charge in [-0.3, -0.25) is 14.9 Å². The van der Waals surface area contributed by atoms with Crippen LogP contribution in [0, 0.1) is 5.82 Å². The Hall–Kier alpha value is -4.24. The molecule has 9 heteroatoms. The van der Waals surface area contributed by atoms with Gasteiger partial charge in [-0.1, -0.05) is 42.5 Å². The fourth-order valence-electron chi connectivity index (χ4n) is 4.68. The van der Waals surface area contributed by atoms with E-state index in [2.05, 4.69) is 10.6 Å². The molecule has 39 heavy (non-hydrogen) atoms. The van der Waals surface area contributed by atoms with E-state index < -0.39 is 17.7 Å². The van der Waals surface area contributed by atoms with E-state index in [1.54, 1.807) is 30.9 Å². The van der Waals surface area contributed by atoms with Crippen molar-refractivity contribution in [2.24, 2.45) is 5.73 Å². The lowest BCUT2D eigenvalue weighted by atomic mass is 10.0. The minimum absolute atomic E-state index is 0.0755. The fourth-order valence-corrected chi connectivity index (χ4v) is 4.68. The number of aryl methyl sites for hydroxylation is 1. The van der Waals surface area contributed by atoms with E-state index in [1.165, 1.54) is 19.2 Å². The lowest BCUT2D eigenvalue weighted by Crippen LogP contribution is -2.49. The second-order valence-corrected chi connectivity index (χ2v) is 10.4. The third-order valence-electron chi connectivity index (χ3n) is 6.51. The summed E-state index contributed by atoms with van der Waals surface area (Å²) in [5, 5.41) is 5.55. The van der Waals surface area contributed by atoms with Crippen molar-refractivity contribution in [1.82, 2.24) is 5.32 Å². The number of fused-ring (bicyclic) bond motifs is 1. The van der Waals surface area contributed by atoms with Crippen LogP contribution in [0.4, 0.5) is 20.6 Å². The largest absolute Gasteiger partial charge is 0.453 e. The average Bonchev–Trinajstić information content (AvgIpc) is 3.00. The summed E-state index contributed by atoms with van der Waals surface area (Å²) in [4.78, 5) is 39.7. The average molecular weight is 533 g/mol. The zero-order valence-corrected chi connectivity index (χ0v) is 22.3. The van der Waals surface area contributed by atoms with Gasteiger partial charge in [-0.05, 0) is 67.6 Å². The minimum Gasteiger partial charge on any atom is -0.453 e. The number of anilines is 2. The van der Waals surface area contributed by atoms with Gasteiger partial charge in [0.2, 0.25) is 11.8 Å². The molecule has 0 radical (unpaired) electrons. The maximum absolute atomic E-state index is 14.1. The third kappa shape index (κ3) is 7.00. The molecule has 204 valence electrons. The molecule has 4 rings (SSSR count). The van der Waals surface area contributed by atoms with Crippen LogP contribution in [-0.4, -0.2) is 36.6 Å². The number of methoxy groups -OCH3 is 1. The van der Waals surface area contributed by atoms with Gasteiger partial charge in [-0.15, -0.1) is 0 Å². The molecule has 1 aliphatic heterocycles. The molecule has 0 bridgehead atoms. The number of amides is 3. The molecular weight excluding hydrogens is 499 g/mol. The highest BCUT2D eigenvalue weighted by Crippen LogP contribution is 2.31. The number of ether oxygens (including phenoxy) is 1. The van der Waals surface area contributed by atoms with Gasteiger partial charge in [0.05, 0.1) is 19.3 Å². The number of hydrogen-bond donors (Lipinski definition) is 3. The smallest absolute Gasteiger partial charge is 0.411 e. The first-order chi connectivity index (χ1) is 18.5. The molecule has 8 nitrogen and oxygen atoms in total. The van der Waals surface area contributed by atoms with E-state index in [9.17, 15) is 18.8 Å². The molecular formula is C30H33FN4O4. The second kappa shape index (κ2) is 11.7. The van der Waals surface area contributed by atoms with E-state index in [1.807, 2.05) is 42.5 Å². The fraction of sp³-hybridized carbons (Fsp3) is 0.300. The molecule has 1 heterocycles. The zero-order chi connectivity index (χ0) is 28.2. The summed E-state index contributed by atoms with van der Waals surface area (Å²) in [7, 11) is 1.30. The van der Waals surface area contributed by atoms with Crippen LogP contribution in [0.25, 0.3) is 11.1 Å². The first-order valence-electron chi connectivity index (χ1n) is 12.8. The lowest BCUT2D eigenvalue weighted by molar-refractivity contribution is -0.128. The maximum atomic E-state index is 14.1. The predicted molar refractivity (Wildman–Crippen MR) is 149 cm³/mol. The Labute approximate surface area is 227 Å². The lowest BCUT2D eigenvalue weighted by Gasteiger charge is -2.27. The summed E-state index contributed by atoms with van der Waals surface area (Å²) in [6, 6.07) is 18.6. The van der Waals surface area contributed by atoms with Crippen LogP contribution in [0.5, 0.6) is 0 Å². The van der Waals surface area contributed by atoms with Crippen molar-refractivity contribution in [2.45, 2.75) is 51.2 Å². The molecule has 3 amide bonds. The molecule has 0 saturated carbocycles. The number of nitrogens with one attached hydrogen (secondary N) is 2. The van der Waals surface area contributed by atoms with Crippen molar-refractivity contribution in [2.75, 3.05) is 17.3 Å². The van der Waals surface area contributed by atoms with E-state index in [0.29, 0.717) is 29.8 Å². The monoisotopic (exact) mass is 532 g/mol. The van der Waals surface area contributed by atoms with Gasteiger partial charge in [0, 0.05) is 23.2 Å². The number of benzene rings is 3. The summed E-state index contributed by atoms with van der Waals surface area (Å²) in [6.07, 6.45) is 0.304. The molecule has 3 aromatic rings. The first kappa shape index (κ1) is 27.8. The molecule has 0 aliphatic carbocycles. The second-order valence-electron chi connectivity index (χ2n) is 10.4. The number of carbonyl (C=O) groups is 3. The molecule has 0 spiro atoms. The van der Waals surface area contributed by atoms with Crippen molar-refractivity contribution in [3.8, 4) is 11.1 Å². The minimum atomic E-state index is -0.758. The van der Waals surface area contributed by atoms with Crippen LogP contribution < -0.4 is 21.3 Å². The Kier molecular flexibility index (Phi) is 8.30. The van der Waals surface area contributed by atoms with Crippen molar-refractivity contribution in [3.63, 3.8) is 0 Å². The molecule has 1 atom stereocenters. The topological polar surface area (TPSA) is 114 Å². The van der Waals surface area contributed by atoms with Gasteiger partial charge in [-0.2, -0.15) is 0 Å². The van der Waals surface area contributed by atoms with Gasteiger partial charge in [-0.25, -0.2) is 9.18 Å². The normalized spacial score (nSPS) is 15.3. The Bertz CT molecular complexity index is 1370. The van der Waals surface area contributed by atoms with Crippen molar-refractivity contribution >= 4 is 29.3 Å². The molecule has 4 N–H and O–H groups in total. The molecule has 0 saturated heterocycles. The molecule has 0 aromatic heterocycles. The van der Waals surface area contributed by atoms with Gasteiger partial charge in [0.1, 0.15) is 11.9 Å². The number of nitrogens with zero attached hydrogens (tertiary/aromatic N) is 1. The number of hydrogen-bond acceptors (Lipinski definition) is 5. The summed E-state index contributed by atoms with van der Waals surface area (Å²) in [5.41, 5.74) is 9.73. The van der Waals surface area contributed by atoms with Gasteiger partial charge >= 0.3 is 6.09 Å². The highest BCUT2D eigenvalue weighted by atomic mass is 19.1. The Morgan fingerprint density at radius 3 is 2.51 bits per heavy atom. The van der Waals surface area contributed by atoms with Crippen LogP contribution in [-0.2, 0) is 27.3 Å². The summed E-state index contributed by atoms with van der Waals surface area (Å²) < 4.78 is 18.8. The summed E-state index contributed by atoms with van der Waals surface area (Å²) in [6.45, 7) is 3.73. The highest BCUT2D eigenvalue weighted by Gasteiger charge is 2.32. The molecule has 0 fully saturated rings. The van der Waals surface area contributed by atoms with Crippen LogP contribution in [0.3, 0.4) is 0 Å². The number of carbonyl (C=O) groups excluding carboxylic acids is 3. The molecule has 1 aliphatic rings. The van der Waals surface area contributed by atoms with E-state index in [0.717, 1.165) is 16.7 Å². The Balaban J connectivity index is 1.60. The van der Waals surface area contributed by atoms with Crippen molar-refractivity contribution < 1.29 is 23.5 Å². The number of nitrogens with two attached hydrogens (primary N) is 1. The van der Waals surface area contributed by atoms with Crippen LogP contribution in [0.2, 0.25) is 0 Å². The first-order valence-corrected chi connectivity index (χ1v) is 12.8. The molecule has 3 aromatic carbocycles. The maximum Gasteiger partial charge on any atom is 0.411 e. The number of rotatable bonds is 7. The van der Waals surface area contributed by atoms with Crippen LogP contribution in [0.1, 0.15) is 37.8 Å². The number of halogens is 1. The quantitative estimate of drug-likeness (QED) is 0.406. The third-order valence-corrected chi connectivity index (χ3v) is 6.51. The Morgan fingerprint density at radius 1 is 1.10 bits per heavy atom. The summed E-state index contributed by atoms with van der Waals surface area (Å²) >= 11 is 0. The Morgan fingerprint density at radius 2 is 1.82 bits per heavy atom. The van der Waals surface area contributed by atoms with E-state index in [-0.39, 0.29) is 30.6 Å². The van der Waals surface area contributed by atoms with Gasteiger partial charge in [0.15, 0.2) is 0 Å².